The number of hydrogen-bond acceptors (Lipinski definition) is 4. The Morgan fingerprint density at radius 2 is 2.00 bits per heavy atom. The second-order valence-electron chi connectivity index (χ2n) is 7.38. The molecule has 7 nitrogen and oxygen atoms in total. The average Bonchev–Trinajstić information content (AvgIpc) is 2.69. The molecule has 11 heteroatoms. The van der Waals surface area contributed by atoms with Crippen molar-refractivity contribution in [3.8, 4) is 5.75 Å². The van der Waals surface area contributed by atoms with E-state index < -0.39 is 18.6 Å². The lowest BCUT2D eigenvalue weighted by atomic mass is 9.93. The number of benzene rings is 1. The van der Waals surface area contributed by atoms with E-state index in [-0.39, 0.29) is 30.6 Å². The number of alkyl halides is 3. The van der Waals surface area contributed by atoms with E-state index in [0.717, 1.165) is 24.8 Å². The quantitative estimate of drug-likeness (QED) is 0.247. The van der Waals surface area contributed by atoms with E-state index in [0.29, 0.717) is 43.8 Å². The highest BCUT2D eigenvalue weighted by molar-refractivity contribution is 14.0. The summed E-state index contributed by atoms with van der Waals surface area (Å²) in [6, 6.07) is 7.32. The van der Waals surface area contributed by atoms with Gasteiger partial charge >= 0.3 is 6.18 Å². The summed E-state index contributed by atoms with van der Waals surface area (Å²) in [7, 11) is 1.68. The first kappa shape index (κ1) is 27.3. The number of aliphatic imine (C=N–C) groups is 1. The molecule has 2 rings (SSSR count). The number of nitrogens with one attached hydrogen (secondary N) is 2. The Morgan fingerprint density at radius 3 is 2.61 bits per heavy atom. The highest BCUT2D eigenvalue weighted by Crippen LogP contribution is 2.24. The number of ether oxygens (including phenoxy) is 1. The van der Waals surface area contributed by atoms with Gasteiger partial charge in [0, 0.05) is 20.1 Å². The van der Waals surface area contributed by atoms with Gasteiger partial charge in [-0.25, -0.2) is 0 Å². The van der Waals surface area contributed by atoms with Gasteiger partial charge in [0.25, 0.3) is 5.91 Å². The Morgan fingerprint density at radius 1 is 1.29 bits per heavy atom. The zero-order valence-corrected chi connectivity index (χ0v) is 19.9. The van der Waals surface area contributed by atoms with E-state index >= 15 is 0 Å². The molecule has 1 aromatic rings. The fraction of sp³-hybridized carbons (Fsp3) is 0.600. The number of halogens is 4. The zero-order chi connectivity index (χ0) is 22.0. The third-order valence-corrected chi connectivity index (χ3v) is 4.92. The van der Waals surface area contributed by atoms with Crippen molar-refractivity contribution in [2.75, 3.05) is 39.8 Å². The normalized spacial score (nSPS) is 15.8. The highest BCUT2D eigenvalue weighted by Gasteiger charge is 2.32. The van der Waals surface area contributed by atoms with Crippen molar-refractivity contribution in [1.82, 2.24) is 15.5 Å². The van der Waals surface area contributed by atoms with Gasteiger partial charge in [-0.1, -0.05) is 12.1 Å². The molecule has 1 aromatic carbocycles. The van der Waals surface area contributed by atoms with Crippen molar-refractivity contribution in [2.24, 2.45) is 16.6 Å². The molecule has 1 fully saturated rings. The molecule has 0 unspecified atom stereocenters. The summed E-state index contributed by atoms with van der Waals surface area (Å²) in [5.74, 6) is 1.09. The lowest BCUT2D eigenvalue weighted by molar-refractivity contribution is -0.148. The second kappa shape index (κ2) is 13.6. The third-order valence-electron chi connectivity index (χ3n) is 4.92. The summed E-state index contributed by atoms with van der Waals surface area (Å²) in [6.07, 6.45) is -1.68. The van der Waals surface area contributed by atoms with Gasteiger partial charge < -0.3 is 21.1 Å². The second-order valence-corrected chi connectivity index (χ2v) is 7.38. The molecule has 1 aliphatic rings. The molecule has 1 aliphatic heterocycles. The molecule has 0 bridgehead atoms. The predicted octanol–water partition coefficient (Wildman–Crippen LogP) is 2.50. The standard InChI is InChI=1S/C20H30F3N5O2.HI/c1-25-19(27-12-16-3-2-4-17(11-16)30-13-18(24)29)26-8-5-15-6-9-28(10-7-15)14-20(21,22)23;/h2-4,11,15H,5-10,12-14H2,1H3,(H2,24,29)(H2,25,26,27);1H. The number of nitrogens with zero attached hydrogens (tertiary/aromatic N) is 2. The van der Waals surface area contributed by atoms with Gasteiger partial charge in [-0.3, -0.25) is 14.7 Å². The number of primary amides is 1. The first-order chi connectivity index (χ1) is 14.2. The van der Waals surface area contributed by atoms with Gasteiger partial charge in [0.1, 0.15) is 5.75 Å². The van der Waals surface area contributed by atoms with Crippen LogP contribution in [0.15, 0.2) is 29.3 Å². The summed E-state index contributed by atoms with van der Waals surface area (Å²) >= 11 is 0. The lowest BCUT2D eigenvalue weighted by Gasteiger charge is -2.32. The molecule has 1 amide bonds. The SMILES string of the molecule is CN=C(NCCC1CCN(CC(F)(F)F)CC1)NCc1cccc(OCC(N)=O)c1.I. The van der Waals surface area contributed by atoms with Gasteiger partial charge in [0.05, 0.1) is 6.54 Å². The minimum atomic E-state index is -4.12. The smallest absolute Gasteiger partial charge is 0.401 e. The van der Waals surface area contributed by atoms with Gasteiger partial charge in [0.2, 0.25) is 0 Å². The Hall–Kier alpha value is -1.76. The van der Waals surface area contributed by atoms with Crippen molar-refractivity contribution in [3.05, 3.63) is 29.8 Å². The number of hydrogen-bond donors (Lipinski definition) is 3. The number of carbonyl (C=O) groups excluding carboxylic acids is 1. The van der Waals surface area contributed by atoms with Crippen molar-refractivity contribution in [2.45, 2.75) is 32.0 Å². The minimum Gasteiger partial charge on any atom is -0.484 e. The number of rotatable bonds is 9. The van der Waals surface area contributed by atoms with Crippen LogP contribution in [0.3, 0.4) is 0 Å². The van der Waals surface area contributed by atoms with Crippen LogP contribution in [-0.2, 0) is 11.3 Å². The molecule has 0 aromatic heterocycles. The molecule has 0 radical (unpaired) electrons. The maximum absolute atomic E-state index is 12.5. The van der Waals surface area contributed by atoms with Crippen LogP contribution in [0.5, 0.6) is 5.75 Å². The molecular formula is C20H31F3IN5O2. The Bertz CT molecular complexity index is 710. The van der Waals surface area contributed by atoms with Crippen molar-refractivity contribution in [3.63, 3.8) is 0 Å². The molecule has 1 saturated heterocycles. The van der Waals surface area contributed by atoms with Crippen LogP contribution in [0.4, 0.5) is 13.2 Å². The fourth-order valence-electron chi connectivity index (χ4n) is 3.39. The Labute approximate surface area is 198 Å². The Kier molecular flexibility index (Phi) is 12.0. The van der Waals surface area contributed by atoms with Crippen LogP contribution in [-0.4, -0.2) is 62.8 Å². The van der Waals surface area contributed by atoms with Crippen LogP contribution in [0.2, 0.25) is 0 Å². The molecule has 4 N–H and O–H groups in total. The Balaban J connectivity index is 0.00000480. The molecule has 0 atom stereocenters. The monoisotopic (exact) mass is 557 g/mol. The number of piperidine rings is 1. The van der Waals surface area contributed by atoms with E-state index in [1.807, 2.05) is 18.2 Å². The average molecular weight is 557 g/mol. The highest BCUT2D eigenvalue weighted by atomic mass is 127. The molecule has 0 saturated carbocycles. The molecule has 31 heavy (non-hydrogen) atoms. The van der Waals surface area contributed by atoms with Gasteiger partial charge in [-0.2, -0.15) is 13.2 Å². The van der Waals surface area contributed by atoms with Crippen LogP contribution < -0.4 is 21.1 Å². The zero-order valence-electron chi connectivity index (χ0n) is 17.6. The largest absolute Gasteiger partial charge is 0.484 e. The summed E-state index contributed by atoms with van der Waals surface area (Å²) < 4.78 is 42.7. The van der Waals surface area contributed by atoms with E-state index in [2.05, 4.69) is 15.6 Å². The molecule has 176 valence electrons. The minimum absolute atomic E-state index is 0. The number of likely N-dealkylation sites (tertiary alicyclic amines) is 1. The third kappa shape index (κ3) is 11.4. The maximum atomic E-state index is 12.5. The molecule has 1 heterocycles. The van der Waals surface area contributed by atoms with Crippen molar-refractivity contribution >= 4 is 35.8 Å². The van der Waals surface area contributed by atoms with Crippen LogP contribution in [0, 0.1) is 5.92 Å². The van der Waals surface area contributed by atoms with Crippen LogP contribution in [0.25, 0.3) is 0 Å². The summed E-state index contributed by atoms with van der Waals surface area (Å²) in [5, 5.41) is 6.45. The van der Waals surface area contributed by atoms with Crippen LogP contribution >= 0.6 is 24.0 Å². The van der Waals surface area contributed by atoms with Crippen molar-refractivity contribution < 1.29 is 22.7 Å². The summed E-state index contributed by atoms with van der Waals surface area (Å²) in [5.41, 5.74) is 6.03. The number of nitrogens with two attached hydrogens (primary N) is 1. The van der Waals surface area contributed by atoms with Gasteiger partial charge in [-0.15, -0.1) is 24.0 Å². The van der Waals surface area contributed by atoms with Gasteiger partial charge in [0.15, 0.2) is 12.6 Å². The summed E-state index contributed by atoms with van der Waals surface area (Å²) in [4.78, 5) is 16.5. The lowest BCUT2D eigenvalue weighted by Crippen LogP contribution is -2.41. The fourth-order valence-corrected chi connectivity index (χ4v) is 3.39. The number of guanidine groups is 1. The summed E-state index contributed by atoms with van der Waals surface area (Å²) in [6.45, 7) is 1.21. The molecular weight excluding hydrogens is 526 g/mol. The van der Waals surface area contributed by atoms with E-state index in [1.54, 1.807) is 13.1 Å². The van der Waals surface area contributed by atoms with E-state index in [9.17, 15) is 18.0 Å². The van der Waals surface area contributed by atoms with E-state index in [1.165, 1.54) is 4.90 Å². The molecule has 0 aliphatic carbocycles. The van der Waals surface area contributed by atoms with Crippen molar-refractivity contribution in [1.29, 1.82) is 0 Å². The van der Waals surface area contributed by atoms with E-state index in [4.69, 9.17) is 10.5 Å². The topological polar surface area (TPSA) is 92.0 Å². The first-order valence-electron chi connectivity index (χ1n) is 9.99. The first-order valence-corrected chi connectivity index (χ1v) is 9.99. The molecule has 0 spiro atoms. The number of carbonyl (C=O) groups is 1. The van der Waals surface area contributed by atoms with Gasteiger partial charge in [-0.05, 0) is 56.0 Å². The predicted molar refractivity (Wildman–Crippen MR) is 125 cm³/mol. The number of amides is 1. The van der Waals surface area contributed by atoms with Crippen LogP contribution in [0.1, 0.15) is 24.8 Å². The maximum Gasteiger partial charge on any atom is 0.401 e.